The van der Waals surface area contributed by atoms with E-state index in [-0.39, 0.29) is 5.54 Å². The topological polar surface area (TPSA) is 35.2 Å². The van der Waals surface area contributed by atoms with Crippen molar-refractivity contribution in [2.75, 3.05) is 7.11 Å². The summed E-state index contributed by atoms with van der Waals surface area (Å²) in [4.78, 5) is 0. The summed E-state index contributed by atoms with van der Waals surface area (Å²) in [5.74, 6) is 2.56. The fourth-order valence-corrected chi connectivity index (χ4v) is 3.87. The van der Waals surface area contributed by atoms with Crippen LogP contribution in [0.4, 0.5) is 0 Å². The zero-order valence-corrected chi connectivity index (χ0v) is 14.3. The van der Waals surface area contributed by atoms with Gasteiger partial charge in [0.25, 0.3) is 0 Å². The van der Waals surface area contributed by atoms with Gasteiger partial charge in [0.05, 0.1) is 7.11 Å². The van der Waals surface area contributed by atoms with Crippen molar-refractivity contribution in [2.45, 2.75) is 65.3 Å². The monoisotopic (exact) mass is 289 g/mol. The van der Waals surface area contributed by atoms with Crippen LogP contribution in [0.1, 0.15) is 62.6 Å². The number of aryl methyl sites for hydroxylation is 2. The van der Waals surface area contributed by atoms with E-state index in [1.165, 1.54) is 36.0 Å². The second-order valence-electron chi connectivity index (χ2n) is 7.23. The quantitative estimate of drug-likeness (QED) is 0.818. The minimum absolute atomic E-state index is 0.162. The Hall–Kier alpha value is -1.02. The first-order valence-corrected chi connectivity index (χ1v) is 8.32. The fourth-order valence-electron chi connectivity index (χ4n) is 3.87. The third-order valence-electron chi connectivity index (χ3n) is 5.38. The molecular weight excluding hydrogens is 258 g/mol. The van der Waals surface area contributed by atoms with E-state index in [9.17, 15) is 0 Å². The molecule has 1 fully saturated rings. The van der Waals surface area contributed by atoms with Gasteiger partial charge in [0, 0.05) is 5.54 Å². The highest BCUT2D eigenvalue weighted by Gasteiger charge is 2.33. The molecule has 0 aliphatic heterocycles. The summed E-state index contributed by atoms with van der Waals surface area (Å²) in [5, 5.41) is 0. The average Bonchev–Trinajstić information content (AvgIpc) is 2.63. The molecule has 2 unspecified atom stereocenters. The van der Waals surface area contributed by atoms with Crippen molar-refractivity contribution in [1.29, 1.82) is 0 Å². The highest BCUT2D eigenvalue weighted by atomic mass is 16.5. The maximum Gasteiger partial charge on any atom is 0.122 e. The van der Waals surface area contributed by atoms with E-state index in [4.69, 9.17) is 10.5 Å². The van der Waals surface area contributed by atoms with Gasteiger partial charge in [-0.1, -0.05) is 32.8 Å². The van der Waals surface area contributed by atoms with E-state index >= 15 is 0 Å². The number of methoxy groups -OCH3 is 1. The summed E-state index contributed by atoms with van der Waals surface area (Å²) in [6, 6.07) is 4.40. The molecule has 2 rings (SSSR count). The van der Waals surface area contributed by atoms with Crippen molar-refractivity contribution in [2.24, 2.45) is 17.6 Å². The van der Waals surface area contributed by atoms with Crippen LogP contribution in [0.5, 0.6) is 5.75 Å². The van der Waals surface area contributed by atoms with Crippen LogP contribution in [0, 0.1) is 25.7 Å². The lowest BCUT2D eigenvalue weighted by atomic mass is 9.80. The van der Waals surface area contributed by atoms with Crippen LogP contribution >= 0.6 is 0 Å². The average molecular weight is 289 g/mol. The first-order valence-electron chi connectivity index (χ1n) is 8.32. The third-order valence-corrected chi connectivity index (χ3v) is 5.38. The number of hydrogen-bond donors (Lipinski definition) is 1. The molecule has 1 aliphatic rings. The summed E-state index contributed by atoms with van der Waals surface area (Å²) in [7, 11) is 1.73. The zero-order chi connectivity index (χ0) is 15.6. The Bertz CT molecular complexity index is 495. The molecule has 0 aromatic heterocycles. The third kappa shape index (κ3) is 3.42. The molecule has 0 bridgehead atoms. The molecule has 0 saturated heterocycles. The number of benzene rings is 1. The van der Waals surface area contributed by atoms with Gasteiger partial charge < -0.3 is 10.5 Å². The molecule has 118 valence electrons. The van der Waals surface area contributed by atoms with Gasteiger partial charge in [-0.25, -0.2) is 0 Å². The largest absolute Gasteiger partial charge is 0.496 e. The SMILES string of the molecule is COc1cc(C)c(C2(N)CCCC(C(C)C)CC2)cc1C. The molecule has 2 atom stereocenters. The maximum absolute atomic E-state index is 6.86. The Kier molecular flexibility index (Phi) is 4.98. The van der Waals surface area contributed by atoms with Crippen LogP contribution in [-0.2, 0) is 5.54 Å². The molecule has 2 nitrogen and oxygen atoms in total. The minimum atomic E-state index is -0.162. The molecule has 1 saturated carbocycles. The van der Waals surface area contributed by atoms with Crippen molar-refractivity contribution in [3.05, 3.63) is 28.8 Å². The number of nitrogens with two attached hydrogens (primary N) is 1. The number of rotatable bonds is 3. The van der Waals surface area contributed by atoms with Gasteiger partial charge in [-0.15, -0.1) is 0 Å². The molecule has 21 heavy (non-hydrogen) atoms. The van der Waals surface area contributed by atoms with Crippen molar-refractivity contribution < 1.29 is 4.74 Å². The van der Waals surface area contributed by atoms with Crippen molar-refractivity contribution in [3.8, 4) is 5.75 Å². The second-order valence-corrected chi connectivity index (χ2v) is 7.23. The van der Waals surface area contributed by atoms with Gasteiger partial charge >= 0.3 is 0 Å². The summed E-state index contributed by atoms with van der Waals surface area (Å²) in [6.07, 6.45) is 6.01. The Morgan fingerprint density at radius 1 is 1.14 bits per heavy atom. The number of hydrogen-bond acceptors (Lipinski definition) is 2. The molecule has 1 aromatic carbocycles. The Morgan fingerprint density at radius 2 is 1.86 bits per heavy atom. The van der Waals surface area contributed by atoms with Crippen LogP contribution < -0.4 is 10.5 Å². The van der Waals surface area contributed by atoms with E-state index in [0.717, 1.165) is 30.4 Å². The predicted octanol–water partition coefficient (Wildman–Crippen LogP) is 4.70. The summed E-state index contributed by atoms with van der Waals surface area (Å²) in [6.45, 7) is 8.96. The lowest BCUT2D eigenvalue weighted by molar-refractivity contribution is 0.324. The zero-order valence-electron chi connectivity index (χ0n) is 14.3. The van der Waals surface area contributed by atoms with Crippen molar-refractivity contribution in [3.63, 3.8) is 0 Å². The fraction of sp³-hybridized carbons (Fsp3) is 0.684. The molecule has 2 N–H and O–H groups in total. The molecule has 1 aliphatic carbocycles. The van der Waals surface area contributed by atoms with Crippen molar-refractivity contribution >= 4 is 0 Å². The lowest BCUT2D eigenvalue weighted by Crippen LogP contribution is -2.37. The van der Waals surface area contributed by atoms with Crippen LogP contribution in [0.2, 0.25) is 0 Å². The van der Waals surface area contributed by atoms with E-state index in [0.29, 0.717) is 0 Å². The Balaban J connectivity index is 2.29. The molecule has 0 heterocycles. The van der Waals surface area contributed by atoms with Crippen molar-refractivity contribution in [1.82, 2.24) is 0 Å². The summed E-state index contributed by atoms with van der Waals surface area (Å²) in [5.41, 5.74) is 10.5. The molecule has 0 radical (unpaired) electrons. The lowest BCUT2D eigenvalue weighted by Gasteiger charge is -2.31. The van der Waals surface area contributed by atoms with E-state index in [1.54, 1.807) is 7.11 Å². The predicted molar refractivity (Wildman–Crippen MR) is 89.7 cm³/mol. The smallest absolute Gasteiger partial charge is 0.122 e. The molecular formula is C19H31NO. The van der Waals surface area contributed by atoms with E-state index in [1.807, 2.05) is 0 Å². The summed E-state index contributed by atoms with van der Waals surface area (Å²) < 4.78 is 5.43. The highest BCUT2D eigenvalue weighted by molar-refractivity contribution is 5.44. The Labute approximate surface area is 130 Å². The van der Waals surface area contributed by atoms with Gasteiger partial charge in [0.2, 0.25) is 0 Å². The molecule has 0 amide bonds. The minimum Gasteiger partial charge on any atom is -0.496 e. The van der Waals surface area contributed by atoms with Crippen LogP contribution in [-0.4, -0.2) is 7.11 Å². The first kappa shape index (κ1) is 16.4. The molecule has 2 heteroatoms. The van der Waals surface area contributed by atoms with Gasteiger partial charge in [-0.2, -0.15) is 0 Å². The van der Waals surface area contributed by atoms with Crippen LogP contribution in [0.15, 0.2) is 12.1 Å². The van der Waals surface area contributed by atoms with Gasteiger partial charge in [0.1, 0.15) is 5.75 Å². The standard InChI is InChI=1S/C19H31NO/c1-13(2)16-7-6-9-19(20,10-8-16)17-11-15(4)18(21-5)12-14(17)3/h11-13,16H,6-10,20H2,1-5H3. The van der Waals surface area contributed by atoms with Crippen LogP contribution in [0.25, 0.3) is 0 Å². The molecule has 0 spiro atoms. The first-order chi connectivity index (χ1) is 9.87. The Morgan fingerprint density at radius 3 is 2.48 bits per heavy atom. The highest BCUT2D eigenvalue weighted by Crippen LogP contribution is 2.40. The normalized spacial score (nSPS) is 26.7. The van der Waals surface area contributed by atoms with Gasteiger partial charge in [-0.3, -0.25) is 0 Å². The number of ether oxygens (including phenoxy) is 1. The summed E-state index contributed by atoms with van der Waals surface area (Å²) >= 11 is 0. The van der Waals surface area contributed by atoms with E-state index in [2.05, 4.69) is 39.8 Å². The maximum atomic E-state index is 6.86. The second kappa shape index (κ2) is 6.39. The molecule has 1 aromatic rings. The van der Waals surface area contributed by atoms with Crippen LogP contribution in [0.3, 0.4) is 0 Å². The van der Waals surface area contributed by atoms with Gasteiger partial charge in [-0.05, 0) is 67.7 Å². The van der Waals surface area contributed by atoms with Gasteiger partial charge in [0.15, 0.2) is 0 Å². The van der Waals surface area contributed by atoms with E-state index < -0.39 is 0 Å².